The number of hydrogen-bond donors (Lipinski definition) is 6. The molecular formula is C37H40O6. The third kappa shape index (κ3) is 4.65. The van der Waals surface area contributed by atoms with Crippen molar-refractivity contribution in [3.8, 4) is 33.4 Å². The standard InChI is InChI=1S/C37H40O6/c38-14-1-12-36(22-42)32-17-24(11-16-40)3-7-28(32)30-9-5-26(19-34(30)36)27-6-10-31-29-8-4-25(21-41)18-33(29)37(23-43,13-2-15-39)35(31)20-27/h3-10,17-20,38-43H,1-2,11-16,21-23H2. The van der Waals surface area contributed by atoms with Crippen molar-refractivity contribution in [3.63, 3.8) is 0 Å². The molecule has 0 heterocycles. The van der Waals surface area contributed by atoms with Crippen LogP contribution in [-0.4, -0.2) is 63.7 Å². The van der Waals surface area contributed by atoms with E-state index in [2.05, 4.69) is 48.5 Å². The van der Waals surface area contributed by atoms with Gasteiger partial charge in [0.25, 0.3) is 0 Å². The molecule has 6 heteroatoms. The number of hydrogen-bond acceptors (Lipinski definition) is 6. The summed E-state index contributed by atoms with van der Waals surface area (Å²) < 4.78 is 0. The van der Waals surface area contributed by atoms with Crippen molar-refractivity contribution in [2.75, 3.05) is 33.0 Å². The summed E-state index contributed by atoms with van der Waals surface area (Å²) in [5.41, 5.74) is 10.7. The van der Waals surface area contributed by atoms with Crippen LogP contribution in [0.5, 0.6) is 0 Å². The van der Waals surface area contributed by atoms with Crippen LogP contribution in [0.3, 0.4) is 0 Å². The lowest BCUT2D eigenvalue weighted by Crippen LogP contribution is -2.30. The van der Waals surface area contributed by atoms with Crippen LogP contribution in [0.1, 0.15) is 59.1 Å². The Hall–Kier alpha value is -3.36. The lowest BCUT2D eigenvalue weighted by atomic mass is 9.73. The summed E-state index contributed by atoms with van der Waals surface area (Å²) in [6, 6.07) is 24.9. The van der Waals surface area contributed by atoms with Gasteiger partial charge in [0.15, 0.2) is 0 Å². The van der Waals surface area contributed by atoms with Gasteiger partial charge < -0.3 is 30.6 Å². The minimum absolute atomic E-state index is 0.0221. The molecule has 0 fully saturated rings. The zero-order valence-electron chi connectivity index (χ0n) is 24.4. The molecule has 2 unspecified atom stereocenters. The maximum Gasteiger partial charge on any atom is 0.0681 e. The Morgan fingerprint density at radius 2 is 0.860 bits per heavy atom. The van der Waals surface area contributed by atoms with Gasteiger partial charge >= 0.3 is 0 Å². The van der Waals surface area contributed by atoms with E-state index in [0.717, 1.165) is 66.8 Å². The molecule has 0 aromatic heterocycles. The normalized spacial score (nSPS) is 19.7. The SMILES string of the molecule is OCCCC1(CO)c2cc(CO)ccc2-c2ccc(-c3ccc4c(c3)C(CO)(CCCO)c3cc(CCO)ccc3-4)cc21. The van der Waals surface area contributed by atoms with E-state index in [4.69, 9.17) is 0 Å². The van der Waals surface area contributed by atoms with Crippen LogP contribution in [0.4, 0.5) is 0 Å². The molecule has 6 N–H and O–H groups in total. The number of aliphatic hydroxyl groups is 6. The van der Waals surface area contributed by atoms with Gasteiger partial charge in [0, 0.05) is 30.7 Å². The Balaban J connectivity index is 1.49. The van der Waals surface area contributed by atoms with Gasteiger partial charge in [-0.2, -0.15) is 0 Å². The highest BCUT2D eigenvalue weighted by Gasteiger charge is 2.44. The second-order valence-corrected chi connectivity index (χ2v) is 12.0. The molecule has 4 aromatic rings. The third-order valence-corrected chi connectivity index (χ3v) is 9.83. The van der Waals surface area contributed by atoms with Crippen LogP contribution < -0.4 is 0 Å². The average molecular weight is 581 g/mol. The van der Waals surface area contributed by atoms with E-state index >= 15 is 0 Å². The van der Waals surface area contributed by atoms with Crippen molar-refractivity contribution in [3.05, 3.63) is 106 Å². The molecule has 224 valence electrons. The van der Waals surface area contributed by atoms with Crippen molar-refractivity contribution in [1.29, 1.82) is 0 Å². The quantitative estimate of drug-likeness (QED) is 0.147. The first kappa shape index (κ1) is 29.7. The second kappa shape index (κ2) is 12.0. The van der Waals surface area contributed by atoms with Gasteiger partial charge in [0.2, 0.25) is 0 Å². The maximum absolute atomic E-state index is 11.0. The molecule has 0 bridgehead atoms. The van der Waals surface area contributed by atoms with E-state index < -0.39 is 10.8 Å². The van der Waals surface area contributed by atoms with Crippen molar-refractivity contribution in [2.45, 2.75) is 49.5 Å². The fraction of sp³-hybridized carbons (Fsp3) is 0.351. The highest BCUT2D eigenvalue weighted by atomic mass is 16.3. The fourth-order valence-corrected chi connectivity index (χ4v) is 7.63. The van der Waals surface area contributed by atoms with Crippen molar-refractivity contribution in [1.82, 2.24) is 0 Å². The van der Waals surface area contributed by atoms with E-state index in [1.807, 2.05) is 24.3 Å². The van der Waals surface area contributed by atoms with E-state index in [9.17, 15) is 30.6 Å². The lowest BCUT2D eigenvalue weighted by molar-refractivity contribution is 0.197. The molecule has 6 rings (SSSR count). The van der Waals surface area contributed by atoms with Gasteiger partial charge in [-0.15, -0.1) is 0 Å². The summed E-state index contributed by atoms with van der Waals surface area (Å²) in [6.45, 7) is -0.193. The fourth-order valence-electron chi connectivity index (χ4n) is 7.63. The molecule has 2 aliphatic carbocycles. The molecule has 2 aliphatic rings. The molecule has 6 nitrogen and oxygen atoms in total. The summed E-state index contributed by atoms with van der Waals surface area (Å²) in [6.07, 6.45) is 2.78. The van der Waals surface area contributed by atoms with E-state index in [-0.39, 0.29) is 39.6 Å². The molecule has 0 saturated heterocycles. The molecule has 4 aromatic carbocycles. The first-order valence-electron chi connectivity index (χ1n) is 15.2. The first-order chi connectivity index (χ1) is 21.0. The van der Waals surface area contributed by atoms with Gasteiger partial charge in [-0.3, -0.25) is 0 Å². The Morgan fingerprint density at radius 1 is 0.442 bits per heavy atom. The van der Waals surface area contributed by atoms with Gasteiger partial charge in [0.1, 0.15) is 0 Å². The van der Waals surface area contributed by atoms with Crippen LogP contribution in [-0.2, 0) is 23.9 Å². The second-order valence-electron chi connectivity index (χ2n) is 12.0. The minimum Gasteiger partial charge on any atom is -0.396 e. The predicted molar refractivity (Wildman–Crippen MR) is 168 cm³/mol. The summed E-state index contributed by atoms with van der Waals surface area (Å²) >= 11 is 0. The summed E-state index contributed by atoms with van der Waals surface area (Å²) in [4.78, 5) is 0. The Labute approximate surface area is 252 Å². The van der Waals surface area contributed by atoms with Crippen molar-refractivity contribution < 1.29 is 30.6 Å². The molecule has 0 amide bonds. The molecule has 0 radical (unpaired) electrons. The van der Waals surface area contributed by atoms with Gasteiger partial charge in [-0.1, -0.05) is 60.7 Å². The van der Waals surface area contributed by atoms with E-state index in [1.165, 1.54) is 0 Å². The van der Waals surface area contributed by atoms with Gasteiger partial charge in [-0.25, -0.2) is 0 Å². The van der Waals surface area contributed by atoms with Crippen LogP contribution in [0.25, 0.3) is 33.4 Å². The van der Waals surface area contributed by atoms with Crippen LogP contribution in [0.15, 0.2) is 72.8 Å². The van der Waals surface area contributed by atoms with E-state index in [0.29, 0.717) is 32.1 Å². The first-order valence-corrected chi connectivity index (χ1v) is 15.2. The number of benzene rings is 4. The van der Waals surface area contributed by atoms with Crippen LogP contribution in [0.2, 0.25) is 0 Å². The largest absolute Gasteiger partial charge is 0.396 e. The Kier molecular flexibility index (Phi) is 8.26. The molecular weight excluding hydrogens is 540 g/mol. The van der Waals surface area contributed by atoms with Crippen molar-refractivity contribution in [2.24, 2.45) is 0 Å². The maximum atomic E-state index is 11.0. The van der Waals surface area contributed by atoms with Crippen LogP contribution >= 0.6 is 0 Å². The Bertz CT molecular complexity index is 1640. The molecule has 0 saturated carbocycles. The minimum atomic E-state index is -0.694. The highest BCUT2D eigenvalue weighted by molar-refractivity contribution is 5.87. The zero-order valence-corrected chi connectivity index (χ0v) is 24.4. The number of aliphatic hydroxyl groups excluding tert-OH is 6. The monoisotopic (exact) mass is 580 g/mol. The molecule has 43 heavy (non-hydrogen) atoms. The number of fused-ring (bicyclic) bond motifs is 6. The smallest absolute Gasteiger partial charge is 0.0681 e. The average Bonchev–Trinajstić information content (AvgIpc) is 3.48. The number of rotatable bonds is 12. The van der Waals surface area contributed by atoms with E-state index in [1.54, 1.807) is 0 Å². The Morgan fingerprint density at radius 3 is 1.28 bits per heavy atom. The summed E-state index contributed by atoms with van der Waals surface area (Å²) in [7, 11) is 0. The molecule has 0 aliphatic heterocycles. The molecule has 2 atom stereocenters. The topological polar surface area (TPSA) is 121 Å². The van der Waals surface area contributed by atoms with Gasteiger partial charge in [-0.05, 0) is 111 Å². The van der Waals surface area contributed by atoms with Crippen LogP contribution in [0, 0.1) is 0 Å². The summed E-state index contributed by atoms with van der Waals surface area (Å²) in [5.74, 6) is 0. The summed E-state index contributed by atoms with van der Waals surface area (Å²) in [5, 5.41) is 60.8. The zero-order chi connectivity index (χ0) is 30.2. The van der Waals surface area contributed by atoms with Gasteiger partial charge in [0.05, 0.1) is 19.8 Å². The predicted octanol–water partition coefficient (Wildman–Crippen LogP) is 4.44. The third-order valence-electron chi connectivity index (χ3n) is 9.83. The lowest BCUT2D eigenvalue weighted by Gasteiger charge is -2.31. The van der Waals surface area contributed by atoms with Crippen molar-refractivity contribution >= 4 is 0 Å². The highest BCUT2D eigenvalue weighted by Crippen LogP contribution is 2.54. The molecule has 0 spiro atoms.